The molecule has 0 atom stereocenters. The first-order valence-electron chi connectivity index (χ1n) is 5.54. The third-order valence-corrected chi connectivity index (χ3v) is 2.99. The number of benzene rings is 1. The van der Waals surface area contributed by atoms with Crippen LogP contribution in [0.5, 0.6) is 0 Å². The van der Waals surface area contributed by atoms with Crippen molar-refractivity contribution in [2.24, 2.45) is 0 Å². The highest BCUT2D eigenvalue weighted by molar-refractivity contribution is 6.47. The molecule has 1 aromatic heterocycles. The van der Waals surface area contributed by atoms with Crippen molar-refractivity contribution in [3.05, 3.63) is 34.5 Å². The lowest BCUT2D eigenvalue weighted by atomic mass is 10.1. The second-order valence-corrected chi connectivity index (χ2v) is 4.27. The van der Waals surface area contributed by atoms with Crippen LogP contribution >= 0.6 is 11.6 Å². The minimum Gasteiger partial charge on any atom is -0.460 e. The van der Waals surface area contributed by atoms with Crippen LogP contribution in [-0.2, 0) is 9.53 Å². The van der Waals surface area contributed by atoms with E-state index < -0.39 is 11.8 Å². The summed E-state index contributed by atoms with van der Waals surface area (Å²) >= 11 is 6.15. The van der Waals surface area contributed by atoms with E-state index in [2.05, 4.69) is 9.72 Å². The zero-order chi connectivity index (χ0) is 13.3. The molecule has 0 amide bonds. The van der Waals surface area contributed by atoms with Crippen LogP contribution in [-0.4, -0.2) is 23.3 Å². The van der Waals surface area contributed by atoms with Gasteiger partial charge in [0.25, 0.3) is 5.78 Å². The molecule has 0 aliphatic rings. The molecule has 0 radical (unpaired) electrons. The van der Waals surface area contributed by atoms with Crippen molar-refractivity contribution < 1.29 is 14.3 Å². The third-order valence-electron chi connectivity index (χ3n) is 2.58. The van der Waals surface area contributed by atoms with Gasteiger partial charge in [0.05, 0.1) is 11.6 Å². The molecule has 0 saturated carbocycles. The van der Waals surface area contributed by atoms with Gasteiger partial charge in [-0.15, -0.1) is 0 Å². The second-order valence-electron chi connectivity index (χ2n) is 3.89. The number of H-pyrrole nitrogens is 1. The van der Waals surface area contributed by atoms with Crippen LogP contribution in [0.25, 0.3) is 10.9 Å². The molecule has 0 unspecified atom stereocenters. The molecule has 1 N–H and O–H groups in total. The summed E-state index contributed by atoms with van der Waals surface area (Å²) in [6, 6.07) is 5.08. The number of carbonyl (C=O) groups is 2. The van der Waals surface area contributed by atoms with Gasteiger partial charge in [0, 0.05) is 22.2 Å². The van der Waals surface area contributed by atoms with Gasteiger partial charge in [0.1, 0.15) is 0 Å². The van der Waals surface area contributed by atoms with E-state index in [-0.39, 0.29) is 17.2 Å². The molecular weight excluding hydrogens is 254 g/mol. The molecule has 0 fully saturated rings. The van der Waals surface area contributed by atoms with Crippen molar-refractivity contribution in [2.75, 3.05) is 6.61 Å². The largest absolute Gasteiger partial charge is 0.460 e. The van der Waals surface area contributed by atoms with Crippen molar-refractivity contribution in [1.82, 2.24) is 4.98 Å². The molecule has 0 bridgehead atoms. The summed E-state index contributed by atoms with van der Waals surface area (Å²) in [5.74, 6) is -1.60. The maximum atomic E-state index is 11.8. The summed E-state index contributed by atoms with van der Waals surface area (Å²) in [6.45, 7) is 3.70. The van der Waals surface area contributed by atoms with Crippen molar-refractivity contribution in [1.29, 1.82) is 0 Å². The Labute approximate surface area is 109 Å². The number of fused-ring (bicyclic) bond motifs is 1. The Morgan fingerprint density at radius 1 is 1.39 bits per heavy atom. The minimum atomic E-state index is -0.883. The normalized spacial score (nSPS) is 10.6. The fraction of sp³-hybridized carbons (Fsp3) is 0.231. The molecule has 1 heterocycles. The van der Waals surface area contributed by atoms with Crippen LogP contribution in [0.15, 0.2) is 18.2 Å². The Hall–Kier alpha value is -1.81. The molecule has 2 rings (SSSR count). The van der Waals surface area contributed by atoms with Crippen molar-refractivity contribution in [3.63, 3.8) is 0 Å². The van der Waals surface area contributed by atoms with Crippen LogP contribution < -0.4 is 0 Å². The van der Waals surface area contributed by atoms with Crippen LogP contribution in [0.1, 0.15) is 23.0 Å². The molecule has 2 aromatic rings. The second kappa shape index (κ2) is 4.82. The van der Waals surface area contributed by atoms with E-state index >= 15 is 0 Å². The van der Waals surface area contributed by atoms with Crippen LogP contribution in [0.2, 0.25) is 5.02 Å². The van der Waals surface area contributed by atoms with Crippen molar-refractivity contribution in [2.45, 2.75) is 13.8 Å². The minimum absolute atomic E-state index is 0.160. The van der Waals surface area contributed by atoms with Crippen LogP contribution in [0.4, 0.5) is 0 Å². The summed E-state index contributed by atoms with van der Waals surface area (Å²) in [5.41, 5.74) is 1.94. The van der Waals surface area contributed by atoms with Gasteiger partial charge in [-0.2, -0.15) is 0 Å². The number of nitrogens with one attached hydrogen (secondary N) is 1. The van der Waals surface area contributed by atoms with Gasteiger partial charge in [-0.1, -0.05) is 11.6 Å². The van der Waals surface area contributed by atoms with Crippen molar-refractivity contribution >= 4 is 34.3 Å². The first-order chi connectivity index (χ1) is 8.54. The predicted molar refractivity (Wildman–Crippen MR) is 69.0 cm³/mol. The summed E-state index contributed by atoms with van der Waals surface area (Å²) in [4.78, 5) is 26.3. The predicted octanol–water partition coefficient (Wildman–Crippen LogP) is 2.88. The summed E-state index contributed by atoms with van der Waals surface area (Å²) in [7, 11) is 0. The lowest BCUT2D eigenvalue weighted by Crippen LogP contribution is -2.17. The van der Waals surface area contributed by atoms with Gasteiger partial charge in [0.2, 0.25) is 0 Å². The van der Waals surface area contributed by atoms with Gasteiger partial charge >= 0.3 is 5.97 Å². The number of rotatable bonds is 3. The lowest BCUT2D eigenvalue weighted by molar-refractivity contribution is -0.137. The number of aryl methyl sites for hydroxylation is 1. The molecule has 5 heteroatoms. The highest BCUT2D eigenvalue weighted by Gasteiger charge is 2.21. The third kappa shape index (κ3) is 2.11. The average Bonchev–Trinajstić information content (AvgIpc) is 2.71. The number of halogens is 1. The Morgan fingerprint density at radius 2 is 2.11 bits per heavy atom. The van der Waals surface area contributed by atoms with Gasteiger partial charge in [-0.25, -0.2) is 4.79 Å². The molecule has 94 valence electrons. The number of hydrogen-bond acceptors (Lipinski definition) is 3. The number of hydrogen-bond donors (Lipinski definition) is 1. The van der Waals surface area contributed by atoms with Gasteiger partial charge in [0.15, 0.2) is 0 Å². The SMILES string of the molecule is CCOC(=O)C(=O)c1ccc2[nH]c(C)cc2c1Cl. The van der Waals surface area contributed by atoms with E-state index in [4.69, 9.17) is 11.6 Å². The number of Topliss-reactive ketones (excluding diaryl/α,β-unsaturated/α-hetero) is 1. The van der Waals surface area contributed by atoms with E-state index in [1.165, 1.54) is 6.07 Å². The molecule has 0 spiro atoms. The number of ether oxygens (including phenoxy) is 1. The summed E-state index contributed by atoms with van der Waals surface area (Å²) < 4.78 is 4.68. The molecule has 0 aliphatic carbocycles. The molecular formula is C13H12ClNO3. The Kier molecular flexibility index (Phi) is 3.39. The van der Waals surface area contributed by atoms with Gasteiger partial charge < -0.3 is 9.72 Å². The lowest BCUT2D eigenvalue weighted by Gasteiger charge is -2.04. The van der Waals surface area contributed by atoms with E-state index in [0.717, 1.165) is 16.6 Å². The highest BCUT2D eigenvalue weighted by Crippen LogP contribution is 2.28. The molecule has 0 aliphatic heterocycles. The Morgan fingerprint density at radius 3 is 2.78 bits per heavy atom. The number of esters is 1. The fourth-order valence-corrected chi connectivity index (χ4v) is 2.10. The van der Waals surface area contributed by atoms with E-state index in [0.29, 0.717) is 0 Å². The average molecular weight is 266 g/mol. The highest BCUT2D eigenvalue weighted by atomic mass is 35.5. The van der Waals surface area contributed by atoms with Crippen molar-refractivity contribution in [3.8, 4) is 0 Å². The number of ketones is 1. The maximum absolute atomic E-state index is 11.8. The Balaban J connectivity index is 2.48. The maximum Gasteiger partial charge on any atom is 0.379 e. The quantitative estimate of drug-likeness (QED) is 0.527. The molecule has 4 nitrogen and oxygen atoms in total. The van der Waals surface area contributed by atoms with Gasteiger partial charge in [-0.3, -0.25) is 4.79 Å². The summed E-state index contributed by atoms with van der Waals surface area (Å²) in [5, 5.41) is 0.999. The smallest absolute Gasteiger partial charge is 0.379 e. The summed E-state index contributed by atoms with van der Waals surface area (Å²) in [6.07, 6.45) is 0. The van der Waals surface area contributed by atoms with Gasteiger partial charge in [-0.05, 0) is 32.0 Å². The van der Waals surface area contributed by atoms with E-state index in [1.807, 2.05) is 13.0 Å². The first-order valence-corrected chi connectivity index (χ1v) is 5.91. The fourth-order valence-electron chi connectivity index (χ4n) is 1.79. The zero-order valence-corrected chi connectivity index (χ0v) is 10.8. The van der Waals surface area contributed by atoms with E-state index in [1.54, 1.807) is 13.0 Å². The number of aromatic amines is 1. The molecule has 18 heavy (non-hydrogen) atoms. The first kappa shape index (κ1) is 12.6. The van der Waals surface area contributed by atoms with Crippen LogP contribution in [0, 0.1) is 6.92 Å². The topological polar surface area (TPSA) is 59.2 Å². The molecule has 1 aromatic carbocycles. The number of aromatic nitrogens is 1. The van der Waals surface area contributed by atoms with E-state index in [9.17, 15) is 9.59 Å². The standard InChI is InChI=1S/C13H12ClNO3/c1-3-18-13(17)12(16)8-4-5-10-9(11(8)14)6-7(2)15-10/h4-6,15H,3H2,1-2H3. The number of carbonyl (C=O) groups excluding carboxylic acids is 2. The zero-order valence-electron chi connectivity index (χ0n) is 10.0. The monoisotopic (exact) mass is 265 g/mol. The molecule has 0 saturated heterocycles. The Bertz CT molecular complexity index is 630. The van der Waals surface area contributed by atoms with Crippen LogP contribution in [0.3, 0.4) is 0 Å².